The Morgan fingerprint density at radius 2 is 2.10 bits per heavy atom. The maximum Gasteiger partial charge on any atom is 0.0951 e. The lowest BCUT2D eigenvalue weighted by Gasteiger charge is -2.31. The van der Waals surface area contributed by atoms with Crippen molar-refractivity contribution in [3.8, 4) is 0 Å². The molecule has 2 heterocycles. The lowest BCUT2D eigenvalue weighted by atomic mass is 10.1. The van der Waals surface area contributed by atoms with Gasteiger partial charge in [0.15, 0.2) is 0 Å². The first-order chi connectivity index (χ1) is 9.85. The van der Waals surface area contributed by atoms with Crippen LogP contribution in [0.5, 0.6) is 0 Å². The van der Waals surface area contributed by atoms with Crippen LogP contribution in [0.3, 0.4) is 0 Å². The Labute approximate surface area is 125 Å². The molecule has 1 N–H and O–H groups in total. The van der Waals surface area contributed by atoms with E-state index in [2.05, 4.69) is 41.4 Å². The highest BCUT2D eigenvalue weighted by molar-refractivity contribution is 7.18. The summed E-state index contributed by atoms with van der Waals surface area (Å²) in [6.45, 7) is 6.99. The van der Waals surface area contributed by atoms with Crippen LogP contribution in [0.1, 0.15) is 24.8 Å². The minimum Gasteiger partial charge on any atom is -0.313 e. The standard InChI is InChI=1S/C16H23N3S/c1-2-19-11-8-13(9-12-19)17-10-7-16-18-14-5-3-4-6-15(14)20-16/h3-6,13,17H,2,7-12H2,1H3. The number of fused-ring (bicyclic) bond motifs is 1. The fourth-order valence-electron chi connectivity index (χ4n) is 2.86. The fourth-order valence-corrected chi connectivity index (χ4v) is 3.83. The average Bonchev–Trinajstić information content (AvgIpc) is 2.90. The van der Waals surface area contributed by atoms with Gasteiger partial charge < -0.3 is 10.2 Å². The second-order valence-corrected chi connectivity index (χ2v) is 6.60. The third-order valence-corrected chi connectivity index (χ3v) is 5.24. The van der Waals surface area contributed by atoms with Crippen molar-refractivity contribution in [3.05, 3.63) is 29.3 Å². The molecule has 0 saturated carbocycles. The Hall–Kier alpha value is -0.970. The molecule has 0 atom stereocenters. The second kappa shape index (κ2) is 6.66. The Kier molecular flexibility index (Phi) is 4.65. The summed E-state index contributed by atoms with van der Waals surface area (Å²) < 4.78 is 1.30. The van der Waals surface area contributed by atoms with E-state index >= 15 is 0 Å². The molecule has 0 amide bonds. The van der Waals surface area contributed by atoms with Gasteiger partial charge in [0, 0.05) is 19.0 Å². The minimum atomic E-state index is 0.701. The van der Waals surface area contributed by atoms with Crippen molar-refractivity contribution in [2.75, 3.05) is 26.2 Å². The van der Waals surface area contributed by atoms with E-state index in [1.54, 1.807) is 0 Å². The summed E-state index contributed by atoms with van der Waals surface area (Å²) in [5.41, 5.74) is 1.14. The van der Waals surface area contributed by atoms with Crippen LogP contribution in [-0.4, -0.2) is 42.1 Å². The van der Waals surface area contributed by atoms with Gasteiger partial charge in [-0.25, -0.2) is 4.98 Å². The van der Waals surface area contributed by atoms with Crippen LogP contribution in [0.2, 0.25) is 0 Å². The van der Waals surface area contributed by atoms with Crippen molar-refractivity contribution < 1.29 is 0 Å². The quantitative estimate of drug-likeness (QED) is 0.917. The highest BCUT2D eigenvalue weighted by Crippen LogP contribution is 2.21. The zero-order valence-corrected chi connectivity index (χ0v) is 13.0. The second-order valence-electron chi connectivity index (χ2n) is 5.49. The molecule has 1 fully saturated rings. The van der Waals surface area contributed by atoms with Crippen LogP contribution in [0, 0.1) is 0 Å². The van der Waals surface area contributed by atoms with Crippen molar-refractivity contribution in [1.29, 1.82) is 0 Å². The Morgan fingerprint density at radius 1 is 1.30 bits per heavy atom. The van der Waals surface area contributed by atoms with Gasteiger partial charge in [0.25, 0.3) is 0 Å². The number of nitrogens with one attached hydrogen (secondary N) is 1. The van der Waals surface area contributed by atoms with Crippen LogP contribution in [0.4, 0.5) is 0 Å². The number of hydrogen-bond donors (Lipinski definition) is 1. The van der Waals surface area contributed by atoms with E-state index in [-0.39, 0.29) is 0 Å². The SMILES string of the molecule is CCN1CCC(NCCc2nc3ccccc3s2)CC1. The highest BCUT2D eigenvalue weighted by atomic mass is 32.1. The maximum atomic E-state index is 4.69. The van der Waals surface area contributed by atoms with Crippen molar-refractivity contribution in [1.82, 2.24) is 15.2 Å². The number of nitrogens with zero attached hydrogens (tertiary/aromatic N) is 2. The number of rotatable bonds is 5. The van der Waals surface area contributed by atoms with Crippen LogP contribution in [0.25, 0.3) is 10.2 Å². The first-order valence-corrected chi connectivity index (χ1v) is 8.47. The molecule has 20 heavy (non-hydrogen) atoms. The molecule has 1 saturated heterocycles. The van der Waals surface area contributed by atoms with Crippen LogP contribution < -0.4 is 5.32 Å². The number of hydrogen-bond acceptors (Lipinski definition) is 4. The van der Waals surface area contributed by atoms with E-state index < -0.39 is 0 Å². The van der Waals surface area contributed by atoms with Crippen LogP contribution >= 0.6 is 11.3 Å². The number of likely N-dealkylation sites (tertiary alicyclic amines) is 1. The van der Waals surface area contributed by atoms with E-state index in [0.717, 1.165) is 18.5 Å². The number of aromatic nitrogens is 1. The predicted molar refractivity (Wildman–Crippen MR) is 86.5 cm³/mol. The van der Waals surface area contributed by atoms with Gasteiger partial charge >= 0.3 is 0 Å². The van der Waals surface area contributed by atoms with Crippen LogP contribution in [0.15, 0.2) is 24.3 Å². The molecule has 3 nitrogen and oxygen atoms in total. The van der Waals surface area contributed by atoms with Crippen molar-refractivity contribution in [3.63, 3.8) is 0 Å². The molecule has 0 radical (unpaired) electrons. The van der Waals surface area contributed by atoms with E-state index in [9.17, 15) is 0 Å². The predicted octanol–water partition coefficient (Wildman–Crippen LogP) is 2.91. The molecular formula is C16H23N3S. The molecule has 0 bridgehead atoms. The monoisotopic (exact) mass is 289 g/mol. The summed E-state index contributed by atoms with van der Waals surface area (Å²) in [4.78, 5) is 7.22. The smallest absolute Gasteiger partial charge is 0.0951 e. The van der Waals surface area contributed by atoms with Gasteiger partial charge in [0.1, 0.15) is 0 Å². The summed E-state index contributed by atoms with van der Waals surface area (Å²) >= 11 is 1.83. The zero-order chi connectivity index (χ0) is 13.8. The number of thiazole rings is 1. The van der Waals surface area contributed by atoms with Gasteiger partial charge in [-0.15, -0.1) is 11.3 Å². The Morgan fingerprint density at radius 3 is 2.85 bits per heavy atom. The first-order valence-electron chi connectivity index (χ1n) is 7.65. The number of benzene rings is 1. The first kappa shape index (κ1) is 14.0. The average molecular weight is 289 g/mol. The third kappa shape index (κ3) is 3.37. The van der Waals surface area contributed by atoms with Gasteiger partial charge in [-0.2, -0.15) is 0 Å². The van der Waals surface area contributed by atoms with Gasteiger partial charge in [0.05, 0.1) is 15.2 Å². The summed E-state index contributed by atoms with van der Waals surface area (Å²) in [7, 11) is 0. The molecule has 3 rings (SSSR count). The summed E-state index contributed by atoms with van der Waals surface area (Å²) in [6.07, 6.45) is 3.62. The molecular weight excluding hydrogens is 266 g/mol. The molecule has 1 aliphatic heterocycles. The van der Waals surface area contributed by atoms with Gasteiger partial charge in [0.2, 0.25) is 0 Å². The Bertz CT molecular complexity index is 510. The molecule has 108 valence electrons. The van der Waals surface area contributed by atoms with Crippen molar-refractivity contribution >= 4 is 21.6 Å². The summed E-state index contributed by atoms with van der Waals surface area (Å²) in [5, 5.41) is 4.95. The van der Waals surface area contributed by atoms with E-state index in [1.165, 1.54) is 42.2 Å². The zero-order valence-electron chi connectivity index (χ0n) is 12.1. The molecule has 4 heteroatoms. The van der Waals surface area contributed by atoms with Gasteiger partial charge in [-0.3, -0.25) is 0 Å². The lowest BCUT2D eigenvalue weighted by Crippen LogP contribution is -2.42. The fraction of sp³-hybridized carbons (Fsp3) is 0.562. The minimum absolute atomic E-state index is 0.701. The summed E-state index contributed by atoms with van der Waals surface area (Å²) in [5.74, 6) is 0. The van der Waals surface area contributed by atoms with E-state index in [4.69, 9.17) is 4.98 Å². The molecule has 0 aliphatic carbocycles. The summed E-state index contributed by atoms with van der Waals surface area (Å²) in [6, 6.07) is 9.11. The molecule has 2 aromatic rings. The normalized spacial score (nSPS) is 17.9. The third-order valence-electron chi connectivity index (χ3n) is 4.14. The number of piperidine rings is 1. The topological polar surface area (TPSA) is 28.2 Å². The molecule has 1 aliphatic rings. The van der Waals surface area contributed by atoms with Crippen molar-refractivity contribution in [2.24, 2.45) is 0 Å². The number of para-hydroxylation sites is 1. The van der Waals surface area contributed by atoms with E-state index in [1.807, 2.05) is 11.3 Å². The van der Waals surface area contributed by atoms with Gasteiger partial charge in [-0.1, -0.05) is 19.1 Å². The molecule has 1 aromatic heterocycles. The van der Waals surface area contributed by atoms with Crippen LogP contribution in [-0.2, 0) is 6.42 Å². The lowest BCUT2D eigenvalue weighted by molar-refractivity contribution is 0.207. The largest absolute Gasteiger partial charge is 0.313 e. The molecule has 0 unspecified atom stereocenters. The highest BCUT2D eigenvalue weighted by Gasteiger charge is 2.17. The van der Waals surface area contributed by atoms with E-state index in [0.29, 0.717) is 6.04 Å². The Balaban J connectivity index is 1.46. The molecule has 0 spiro atoms. The van der Waals surface area contributed by atoms with Crippen molar-refractivity contribution in [2.45, 2.75) is 32.2 Å². The van der Waals surface area contributed by atoms with Gasteiger partial charge in [-0.05, 0) is 44.6 Å². The maximum absolute atomic E-state index is 4.69. The molecule has 1 aromatic carbocycles.